The largest absolute Gasteiger partial charge is 0.495 e. The molecule has 0 spiro atoms. The zero-order chi connectivity index (χ0) is 15.9. The highest BCUT2D eigenvalue weighted by atomic mass is 35.5. The van der Waals surface area contributed by atoms with Gasteiger partial charge in [-0.05, 0) is 31.2 Å². The Bertz CT molecular complexity index is 645. The number of carbonyl (C=O) groups is 1. The molecule has 2 aromatic rings. The molecule has 0 fully saturated rings. The van der Waals surface area contributed by atoms with Crippen LogP contribution in [0.15, 0.2) is 23.6 Å². The van der Waals surface area contributed by atoms with Crippen molar-refractivity contribution in [2.24, 2.45) is 5.73 Å². The van der Waals surface area contributed by atoms with Crippen molar-refractivity contribution in [2.45, 2.75) is 19.3 Å². The number of rotatable bonds is 7. The highest BCUT2D eigenvalue weighted by Crippen LogP contribution is 2.27. The molecule has 118 valence electrons. The summed E-state index contributed by atoms with van der Waals surface area (Å²) in [7, 11) is 1.54. The second kappa shape index (κ2) is 8.12. The molecular weight excluding hydrogens is 322 g/mol. The molecule has 2 rings (SSSR count). The van der Waals surface area contributed by atoms with E-state index in [1.165, 1.54) is 0 Å². The Hall–Kier alpha value is -1.63. The van der Waals surface area contributed by atoms with Crippen molar-refractivity contribution in [1.29, 1.82) is 0 Å². The van der Waals surface area contributed by atoms with Crippen LogP contribution in [0.3, 0.4) is 0 Å². The molecule has 0 saturated heterocycles. The number of anilines is 1. The first-order chi connectivity index (χ1) is 10.6. The lowest BCUT2D eigenvalue weighted by Crippen LogP contribution is -2.15. The number of aromatic nitrogens is 1. The average molecular weight is 340 g/mol. The summed E-state index contributed by atoms with van der Waals surface area (Å²) in [4.78, 5) is 16.6. The molecular formula is C15H18ClN3O2S. The number of nitrogens with two attached hydrogens (primary N) is 1. The molecule has 0 atom stereocenters. The van der Waals surface area contributed by atoms with Gasteiger partial charge >= 0.3 is 0 Å². The van der Waals surface area contributed by atoms with E-state index in [0.717, 1.165) is 23.5 Å². The van der Waals surface area contributed by atoms with Crippen LogP contribution < -0.4 is 15.8 Å². The minimum atomic E-state index is -0.156. The lowest BCUT2D eigenvalue weighted by atomic mass is 10.2. The molecule has 0 unspecified atom stereocenters. The smallest absolute Gasteiger partial charge is 0.230 e. The van der Waals surface area contributed by atoms with E-state index in [9.17, 15) is 4.79 Å². The minimum Gasteiger partial charge on any atom is -0.495 e. The van der Waals surface area contributed by atoms with Crippen LogP contribution in [0.4, 0.5) is 5.69 Å². The molecule has 1 heterocycles. The number of carbonyl (C=O) groups excluding carboxylic acids is 1. The topological polar surface area (TPSA) is 77.2 Å². The quantitative estimate of drug-likeness (QED) is 0.813. The van der Waals surface area contributed by atoms with E-state index in [2.05, 4.69) is 10.3 Å². The van der Waals surface area contributed by atoms with Gasteiger partial charge in [0.25, 0.3) is 0 Å². The summed E-state index contributed by atoms with van der Waals surface area (Å²) >= 11 is 7.50. The Kier molecular flexibility index (Phi) is 6.18. The third kappa shape index (κ3) is 4.69. The highest BCUT2D eigenvalue weighted by Gasteiger charge is 2.11. The first-order valence-electron chi connectivity index (χ1n) is 6.89. The standard InChI is InChI=1S/C15H18ClN3O2S/c1-21-13-5-4-10(16)7-12(13)19-14(20)8-11-9-22-15(18-11)3-2-6-17/h4-5,7,9H,2-3,6,8,17H2,1H3,(H,19,20). The Morgan fingerprint density at radius 2 is 2.32 bits per heavy atom. The van der Waals surface area contributed by atoms with Crippen LogP contribution in [0.5, 0.6) is 5.75 Å². The maximum absolute atomic E-state index is 12.1. The number of amides is 1. The summed E-state index contributed by atoms with van der Waals surface area (Å²) in [6.07, 6.45) is 1.97. The summed E-state index contributed by atoms with van der Waals surface area (Å²) in [6, 6.07) is 5.08. The molecule has 0 aliphatic carbocycles. The van der Waals surface area contributed by atoms with Crippen molar-refractivity contribution in [3.05, 3.63) is 39.3 Å². The van der Waals surface area contributed by atoms with Gasteiger partial charge in [0, 0.05) is 16.8 Å². The molecule has 0 aliphatic rings. The molecule has 5 nitrogen and oxygen atoms in total. The fourth-order valence-corrected chi connectivity index (χ4v) is 2.95. The molecule has 1 aromatic carbocycles. The second-order valence-corrected chi connectivity index (χ2v) is 6.07. The van der Waals surface area contributed by atoms with Gasteiger partial charge in [-0.1, -0.05) is 11.6 Å². The van der Waals surface area contributed by atoms with Crippen LogP contribution in [-0.2, 0) is 17.6 Å². The van der Waals surface area contributed by atoms with Gasteiger partial charge in [-0.3, -0.25) is 4.79 Å². The number of halogens is 1. The van der Waals surface area contributed by atoms with E-state index < -0.39 is 0 Å². The third-order valence-electron chi connectivity index (χ3n) is 2.97. The summed E-state index contributed by atoms with van der Waals surface area (Å²) < 4.78 is 5.20. The first-order valence-corrected chi connectivity index (χ1v) is 8.15. The molecule has 0 radical (unpaired) electrons. The Morgan fingerprint density at radius 1 is 1.50 bits per heavy atom. The maximum Gasteiger partial charge on any atom is 0.230 e. The molecule has 0 bridgehead atoms. The number of benzene rings is 1. The van der Waals surface area contributed by atoms with E-state index in [4.69, 9.17) is 22.1 Å². The van der Waals surface area contributed by atoms with Crippen LogP contribution >= 0.6 is 22.9 Å². The summed E-state index contributed by atoms with van der Waals surface area (Å²) in [5.74, 6) is 0.413. The normalized spacial score (nSPS) is 10.5. The Morgan fingerprint density at radius 3 is 3.05 bits per heavy atom. The van der Waals surface area contributed by atoms with Crippen molar-refractivity contribution in [3.8, 4) is 5.75 Å². The number of ether oxygens (including phenoxy) is 1. The van der Waals surface area contributed by atoms with E-state index >= 15 is 0 Å². The maximum atomic E-state index is 12.1. The van der Waals surface area contributed by atoms with Gasteiger partial charge in [-0.25, -0.2) is 4.98 Å². The second-order valence-electron chi connectivity index (χ2n) is 4.69. The molecule has 0 saturated carbocycles. The number of hydrogen-bond acceptors (Lipinski definition) is 5. The number of nitrogens with one attached hydrogen (secondary N) is 1. The molecule has 1 amide bonds. The zero-order valence-corrected chi connectivity index (χ0v) is 13.8. The fourth-order valence-electron chi connectivity index (χ4n) is 1.94. The van der Waals surface area contributed by atoms with Crippen molar-refractivity contribution in [1.82, 2.24) is 4.98 Å². The molecule has 7 heteroatoms. The Labute approximate surface area is 138 Å². The van der Waals surface area contributed by atoms with Crippen LogP contribution in [0.1, 0.15) is 17.1 Å². The van der Waals surface area contributed by atoms with Gasteiger partial charge in [0.15, 0.2) is 0 Å². The average Bonchev–Trinajstić information content (AvgIpc) is 2.92. The number of thiazole rings is 1. The van der Waals surface area contributed by atoms with Crippen LogP contribution in [0.25, 0.3) is 0 Å². The van der Waals surface area contributed by atoms with E-state index in [-0.39, 0.29) is 12.3 Å². The lowest BCUT2D eigenvalue weighted by molar-refractivity contribution is -0.115. The fraction of sp³-hybridized carbons (Fsp3) is 0.333. The van der Waals surface area contributed by atoms with Crippen molar-refractivity contribution in [3.63, 3.8) is 0 Å². The predicted octanol–water partition coefficient (Wildman–Crippen LogP) is 2.88. The van der Waals surface area contributed by atoms with Gasteiger partial charge < -0.3 is 15.8 Å². The molecule has 1 aromatic heterocycles. The van der Waals surface area contributed by atoms with E-state index in [1.807, 2.05) is 5.38 Å². The summed E-state index contributed by atoms with van der Waals surface area (Å²) in [5.41, 5.74) is 6.79. The van der Waals surface area contributed by atoms with Crippen LogP contribution in [-0.4, -0.2) is 24.5 Å². The summed E-state index contributed by atoms with van der Waals surface area (Å²) in [5, 5.41) is 6.25. The monoisotopic (exact) mass is 339 g/mol. The molecule has 3 N–H and O–H groups in total. The van der Waals surface area contributed by atoms with Gasteiger partial charge in [0.05, 0.1) is 29.9 Å². The number of methoxy groups -OCH3 is 1. The number of nitrogens with zero attached hydrogens (tertiary/aromatic N) is 1. The summed E-state index contributed by atoms with van der Waals surface area (Å²) in [6.45, 7) is 0.643. The van der Waals surface area contributed by atoms with Gasteiger partial charge in [0.2, 0.25) is 5.91 Å². The van der Waals surface area contributed by atoms with Gasteiger partial charge in [-0.2, -0.15) is 0 Å². The Balaban J connectivity index is 1.98. The zero-order valence-electron chi connectivity index (χ0n) is 12.3. The van der Waals surface area contributed by atoms with E-state index in [1.54, 1.807) is 36.6 Å². The minimum absolute atomic E-state index is 0.156. The van der Waals surface area contributed by atoms with Gasteiger partial charge in [-0.15, -0.1) is 11.3 Å². The van der Waals surface area contributed by atoms with Crippen molar-refractivity contribution < 1.29 is 9.53 Å². The third-order valence-corrected chi connectivity index (χ3v) is 4.16. The number of hydrogen-bond donors (Lipinski definition) is 2. The van der Waals surface area contributed by atoms with Crippen molar-refractivity contribution >= 4 is 34.5 Å². The lowest BCUT2D eigenvalue weighted by Gasteiger charge is -2.10. The SMILES string of the molecule is COc1ccc(Cl)cc1NC(=O)Cc1csc(CCCN)n1. The molecule has 0 aliphatic heterocycles. The van der Waals surface area contributed by atoms with E-state index in [0.29, 0.717) is 23.0 Å². The van der Waals surface area contributed by atoms with Crippen LogP contribution in [0, 0.1) is 0 Å². The number of aryl methyl sites for hydroxylation is 1. The highest BCUT2D eigenvalue weighted by molar-refractivity contribution is 7.09. The van der Waals surface area contributed by atoms with Crippen LogP contribution in [0.2, 0.25) is 5.02 Å². The first kappa shape index (κ1) is 16.7. The van der Waals surface area contributed by atoms with Gasteiger partial charge in [0.1, 0.15) is 5.75 Å². The predicted molar refractivity (Wildman–Crippen MR) is 89.8 cm³/mol. The molecule has 22 heavy (non-hydrogen) atoms. The van der Waals surface area contributed by atoms with Crippen molar-refractivity contribution in [2.75, 3.05) is 19.0 Å².